The van der Waals surface area contributed by atoms with E-state index in [2.05, 4.69) is 5.10 Å². The van der Waals surface area contributed by atoms with E-state index in [-0.39, 0.29) is 24.4 Å². The zero-order valence-electron chi connectivity index (χ0n) is 11.4. The van der Waals surface area contributed by atoms with Crippen LogP contribution >= 0.6 is 11.6 Å². The lowest BCUT2D eigenvalue weighted by atomic mass is 10.0. The van der Waals surface area contributed by atoms with Gasteiger partial charge in [0, 0.05) is 19.0 Å². The molecule has 1 saturated heterocycles. The minimum Gasteiger partial charge on any atom is -0.340 e. The van der Waals surface area contributed by atoms with Gasteiger partial charge < -0.3 is 4.90 Å². The summed E-state index contributed by atoms with van der Waals surface area (Å²) in [5, 5.41) is 4.74. The van der Waals surface area contributed by atoms with E-state index in [0.29, 0.717) is 18.1 Å². The topological polar surface area (TPSA) is 38.1 Å². The molecule has 2 rings (SSSR count). The van der Waals surface area contributed by atoms with Crippen molar-refractivity contribution in [2.45, 2.75) is 45.3 Å². The van der Waals surface area contributed by atoms with Crippen molar-refractivity contribution in [1.82, 2.24) is 14.7 Å². The fraction of sp³-hybridized carbons (Fsp3) is 0.692. The van der Waals surface area contributed by atoms with Crippen LogP contribution in [0, 0.1) is 0 Å². The van der Waals surface area contributed by atoms with Gasteiger partial charge in [0.25, 0.3) is 0 Å². The van der Waals surface area contributed by atoms with Crippen molar-refractivity contribution in [2.24, 2.45) is 0 Å². The van der Waals surface area contributed by atoms with Crippen molar-refractivity contribution in [1.29, 1.82) is 0 Å². The lowest BCUT2D eigenvalue weighted by Crippen LogP contribution is -2.45. The largest absolute Gasteiger partial charge is 0.340 e. The number of hydrogen-bond acceptors (Lipinski definition) is 2. The Labute approximate surface area is 117 Å². The maximum atomic E-state index is 14.2. The summed E-state index contributed by atoms with van der Waals surface area (Å²) < 4.78 is 15.8. The van der Waals surface area contributed by atoms with Crippen molar-refractivity contribution < 1.29 is 9.18 Å². The number of aromatic nitrogens is 2. The predicted molar refractivity (Wildman–Crippen MR) is 72.1 cm³/mol. The molecule has 1 aromatic heterocycles. The smallest absolute Gasteiger partial charge is 0.219 e. The maximum Gasteiger partial charge on any atom is 0.219 e. The molecule has 0 spiro atoms. The standard InChI is InChI=1S/C13H19ClFN3O/c1-8(2)10-6-16-18(13(10)14)12-4-5-17(9(3)19)7-11(12)15/h6,8,11-12H,4-5,7H2,1-3H3/t11-,12-/m0/s1. The molecule has 0 saturated carbocycles. The Morgan fingerprint density at radius 3 is 2.74 bits per heavy atom. The number of likely N-dealkylation sites (tertiary alicyclic amines) is 1. The Morgan fingerprint density at radius 2 is 2.26 bits per heavy atom. The molecule has 0 bridgehead atoms. The first-order valence-corrected chi connectivity index (χ1v) is 6.92. The highest BCUT2D eigenvalue weighted by atomic mass is 35.5. The van der Waals surface area contributed by atoms with Crippen LogP contribution in [0.5, 0.6) is 0 Å². The lowest BCUT2D eigenvalue weighted by Gasteiger charge is -2.34. The van der Waals surface area contributed by atoms with Crippen LogP contribution in [-0.2, 0) is 4.79 Å². The van der Waals surface area contributed by atoms with Crippen LogP contribution < -0.4 is 0 Å². The summed E-state index contributed by atoms with van der Waals surface area (Å²) in [7, 11) is 0. The Kier molecular flexibility index (Phi) is 4.13. The monoisotopic (exact) mass is 287 g/mol. The average Bonchev–Trinajstić information content (AvgIpc) is 2.71. The van der Waals surface area contributed by atoms with Crippen LogP contribution in [0.2, 0.25) is 5.15 Å². The van der Waals surface area contributed by atoms with Crippen LogP contribution in [0.4, 0.5) is 4.39 Å². The highest BCUT2D eigenvalue weighted by Gasteiger charge is 2.33. The van der Waals surface area contributed by atoms with Gasteiger partial charge >= 0.3 is 0 Å². The van der Waals surface area contributed by atoms with E-state index in [1.165, 1.54) is 11.8 Å². The molecule has 1 aliphatic rings. The number of piperidine rings is 1. The first-order valence-electron chi connectivity index (χ1n) is 6.54. The Morgan fingerprint density at radius 1 is 1.58 bits per heavy atom. The number of hydrogen-bond donors (Lipinski definition) is 0. The molecule has 1 amide bonds. The maximum absolute atomic E-state index is 14.2. The van der Waals surface area contributed by atoms with Crippen molar-refractivity contribution in [3.05, 3.63) is 16.9 Å². The number of alkyl halides is 1. The van der Waals surface area contributed by atoms with Crippen LogP contribution in [0.15, 0.2) is 6.20 Å². The first kappa shape index (κ1) is 14.3. The van der Waals surface area contributed by atoms with Gasteiger partial charge in [-0.05, 0) is 12.3 Å². The molecule has 2 heterocycles. The minimum absolute atomic E-state index is 0.0875. The quantitative estimate of drug-likeness (QED) is 0.839. The third-order valence-corrected chi connectivity index (χ3v) is 4.04. The van der Waals surface area contributed by atoms with Crippen molar-refractivity contribution in [2.75, 3.05) is 13.1 Å². The fourth-order valence-electron chi connectivity index (χ4n) is 2.43. The average molecular weight is 288 g/mol. The van der Waals surface area contributed by atoms with E-state index in [1.807, 2.05) is 13.8 Å². The molecule has 106 valence electrons. The molecule has 1 fully saturated rings. The summed E-state index contributed by atoms with van der Waals surface area (Å²) in [6.45, 7) is 6.18. The number of amides is 1. The molecule has 0 aromatic carbocycles. The van der Waals surface area contributed by atoms with Crippen LogP contribution in [0.25, 0.3) is 0 Å². The highest BCUT2D eigenvalue weighted by molar-refractivity contribution is 6.30. The molecule has 0 unspecified atom stereocenters. The molecule has 6 heteroatoms. The van der Waals surface area contributed by atoms with E-state index in [9.17, 15) is 9.18 Å². The Bertz CT molecular complexity index is 474. The summed E-state index contributed by atoms with van der Waals surface area (Å²) in [6, 6.07) is -0.379. The normalized spacial score (nSPS) is 24.0. The first-order chi connectivity index (χ1) is 8.91. The lowest BCUT2D eigenvalue weighted by molar-refractivity contribution is -0.131. The minimum atomic E-state index is -1.13. The summed E-state index contributed by atoms with van der Waals surface area (Å²) in [5.41, 5.74) is 0.933. The second kappa shape index (κ2) is 5.49. The van der Waals surface area contributed by atoms with Crippen LogP contribution in [0.3, 0.4) is 0 Å². The predicted octanol–water partition coefficient (Wildman–Crippen LogP) is 2.79. The molecule has 4 nitrogen and oxygen atoms in total. The second-order valence-electron chi connectivity index (χ2n) is 5.33. The Hall–Kier alpha value is -1.10. The SMILES string of the molecule is CC(=O)N1CC[C@H](n2ncc(C(C)C)c2Cl)[C@@H](F)C1. The fourth-order valence-corrected chi connectivity index (χ4v) is 2.87. The molecule has 0 aliphatic carbocycles. The molecule has 1 aliphatic heterocycles. The molecule has 0 N–H and O–H groups in total. The summed E-state index contributed by atoms with van der Waals surface area (Å²) in [5.74, 6) is 0.173. The second-order valence-corrected chi connectivity index (χ2v) is 5.69. The van der Waals surface area contributed by atoms with Crippen molar-refractivity contribution in [3.8, 4) is 0 Å². The summed E-state index contributed by atoms with van der Waals surface area (Å²) in [4.78, 5) is 12.8. The third-order valence-electron chi connectivity index (χ3n) is 3.65. The van der Waals surface area contributed by atoms with Crippen LogP contribution in [0.1, 0.15) is 44.7 Å². The van der Waals surface area contributed by atoms with Crippen LogP contribution in [-0.4, -0.2) is 39.8 Å². The van der Waals surface area contributed by atoms with E-state index in [4.69, 9.17) is 11.6 Å². The number of nitrogens with zero attached hydrogens (tertiary/aromatic N) is 3. The number of carbonyl (C=O) groups excluding carboxylic acids is 1. The Balaban J connectivity index is 2.17. The zero-order chi connectivity index (χ0) is 14.2. The molecule has 0 radical (unpaired) electrons. The summed E-state index contributed by atoms with van der Waals surface area (Å²) in [6.07, 6.45) is 1.12. The number of carbonyl (C=O) groups is 1. The third kappa shape index (κ3) is 2.76. The molecular weight excluding hydrogens is 269 g/mol. The van der Waals surface area contributed by atoms with Gasteiger partial charge in [-0.15, -0.1) is 0 Å². The van der Waals surface area contributed by atoms with E-state index in [0.717, 1.165) is 5.56 Å². The molecule has 2 atom stereocenters. The van der Waals surface area contributed by atoms with E-state index < -0.39 is 6.17 Å². The van der Waals surface area contributed by atoms with Gasteiger partial charge in [-0.1, -0.05) is 25.4 Å². The van der Waals surface area contributed by atoms with Crippen molar-refractivity contribution >= 4 is 17.5 Å². The van der Waals surface area contributed by atoms with Gasteiger partial charge in [0.2, 0.25) is 5.91 Å². The van der Waals surface area contributed by atoms with E-state index in [1.54, 1.807) is 10.9 Å². The van der Waals surface area contributed by atoms with Gasteiger partial charge in [0.1, 0.15) is 11.3 Å². The molecule has 1 aromatic rings. The molecular formula is C13H19ClFN3O. The van der Waals surface area contributed by atoms with Gasteiger partial charge in [-0.3, -0.25) is 4.79 Å². The van der Waals surface area contributed by atoms with Crippen molar-refractivity contribution in [3.63, 3.8) is 0 Å². The summed E-state index contributed by atoms with van der Waals surface area (Å²) >= 11 is 6.27. The van der Waals surface area contributed by atoms with Gasteiger partial charge in [-0.25, -0.2) is 9.07 Å². The van der Waals surface area contributed by atoms with Gasteiger partial charge in [-0.2, -0.15) is 5.10 Å². The molecule has 19 heavy (non-hydrogen) atoms. The van der Waals surface area contributed by atoms with Gasteiger partial charge in [0.05, 0.1) is 18.8 Å². The highest BCUT2D eigenvalue weighted by Crippen LogP contribution is 2.32. The van der Waals surface area contributed by atoms with E-state index >= 15 is 0 Å². The number of rotatable bonds is 2. The van der Waals surface area contributed by atoms with Gasteiger partial charge in [0.15, 0.2) is 0 Å². The number of halogens is 2. The zero-order valence-corrected chi connectivity index (χ0v) is 12.2.